The van der Waals surface area contributed by atoms with E-state index in [1.165, 1.54) is 10.9 Å². The van der Waals surface area contributed by atoms with E-state index in [0.29, 0.717) is 21.4 Å². The second kappa shape index (κ2) is 5.23. The summed E-state index contributed by atoms with van der Waals surface area (Å²) < 4.78 is 1.47. The molecule has 4 nitrogen and oxygen atoms in total. The molecule has 2 rings (SSSR count). The number of carboxylic acid groups (broad SMARTS) is 1. The van der Waals surface area contributed by atoms with Crippen molar-refractivity contribution in [1.29, 1.82) is 0 Å². The minimum atomic E-state index is -1.000. The van der Waals surface area contributed by atoms with Gasteiger partial charge >= 0.3 is 5.97 Å². The lowest BCUT2D eigenvalue weighted by molar-refractivity contribution is 0.0695. The zero-order chi connectivity index (χ0) is 14.2. The van der Waals surface area contributed by atoms with Crippen LogP contribution in [0.15, 0.2) is 24.4 Å². The van der Waals surface area contributed by atoms with Crippen LogP contribution in [0.3, 0.4) is 0 Å². The van der Waals surface area contributed by atoms with E-state index in [1.54, 1.807) is 18.2 Å². The highest BCUT2D eigenvalue weighted by Gasteiger charge is 2.19. The molecule has 0 saturated heterocycles. The molecule has 0 saturated carbocycles. The molecule has 6 heteroatoms. The summed E-state index contributed by atoms with van der Waals surface area (Å²) >= 11 is 11.9. The average molecular weight is 299 g/mol. The van der Waals surface area contributed by atoms with Crippen LogP contribution in [0.5, 0.6) is 0 Å². The molecule has 1 aromatic heterocycles. The Morgan fingerprint density at radius 2 is 2.05 bits per heavy atom. The minimum Gasteiger partial charge on any atom is -0.478 e. The highest BCUT2D eigenvalue weighted by atomic mass is 35.5. The lowest BCUT2D eigenvalue weighted by Gasteiger charge is -2.04. The van der Waals surface area contributed by atoms with Gasteiger partial charge in [-0.2, -0.15) is 5.10 Å². The molecule has 0 radical (unpaired) electrons. The standard InChI is InChI=1S/C13H12Cl2N2O2/c1-7(2)12-9(13(18)19)6-17(16-12)11-4-3-8(14)5-10(11)15/h3-7H,1-2H3,(H,18,19). The van der Waals surface area contributed by atoms with E-state index in [1.807, 2.05) is 13.8 Å². The first kappa shape index (κ1) is 13.9. The Balaban J connectivity index is 2.57. The predicted octanol–water partition coefficient (Wildman–Crippen LogP) is 4.00. The van der Waals surface area contributed by atoms with Gasteiger partial charge in [0.05, 0.1) is 16.4 Å². The number of halogens is 2. The monoisotopic (exact) mass is 298 g/mol. The summed E-state index contributed by atoms with van der Waals surface area (Å²) in [6.45, 7) is 3.78. The Bertz CT molecular complexity index is 636. The van der Waals surface area contributed by atoms with Gasteiger partial charge < -0.3 is 5.11 Å². The van der Waals surface area contributed by atoms with E-state index in [4.69, 9.17) is 23.2 Å². The number of benzene rings is 1. The number of nitrogens with zero attached hydrogens (tertiary/aromatic N) is 2. The molecule has 2 aromatic rings. The van der Waals surface area contributed by atoms with Crippen LogP contribution in [0.4, 0.5) is 0 Å². The number of aromatic carboxylic acids is 1. The number of aromatic nitrogens is 2. The molecule has 1 heterocycles. The highest BCUT2D eigenvalue weighted by molar-refractivity contribution is 6.35. The first-order valence-corrected chi connectivity index (χ1v) is 6.44. The van der Waals surface area contributed by atoms with Gasteiger partial charge in [0.2, 0.25) is 0 Å². The predicted molar refractivity (Wildman–Crippen MR) is 74.6 cm³/mol. The molecule has 100 valence electrons. The third-order valence-corrected chi connectivity index (χ3v) is 3.21. The Morgan fingerprint density at radius 1 is 1.37 bits per heavy atom. The van der Waals surface area contributed by atoms with E-state index in [0.717, 1.165) is 0 Å². The summed E-state index contributed by atoms with van der Waals surface area (Å²) in [6.07, 6.45) is 1.47. The molecule has 0 fully saturated rings. The van der Waals surface area contributed by atoms with Crippen molar-refractivity contribution in [2.75, 3.05) is 0 Å². The van der Waals surface area contributed by atoms with Crippen molar-refractivity contribution in [3.63, 3.8) is 0 Å². The van der Waals surface area contributed by atoms with Gasteiger partial charge in [-0.1, -0.05) is 37.0 Å². The third-order valence-electron chi connectivity index (χ3n) is 2.68. The first-order valence-electron chi connectivity index (χ1n) is 5.68. The fraction of sp³-hybridized carbons (Fsp3) is 0.231. The maximum Gasteiger partial charge on any atom is 0.339 e. The lowest BCUT2D eigenvalue weighted by atomic mass is 10.1. The highest BCUT2D eigenvalue weighted by Crippen LogP contribution is 2.26. The van der Waals surface area contributed by atoms with E-state index >= 15 is 0 Å². The fourth-order valence-corrected chi connectivity index (χ4v) is 2.26. The van der Waals surface area contributed by atoms with Crippen LogP contribution in [0, 0.1) is 0 Å². The van der Waals surface area contributed by atoms with Crippen molar-refractivity contribution in [2.45, 2.75) is 19.8 Å². The largest absolute Gasteiger partial charge is 0.478 e. The molecule has 0 unspecified atom stereocenters. The Labute approximate surface area is 120 Å². The van der Waals surface area contributed by atoms with Gasteiger partial charge in [0, 0.05) is 11.2 Å². The second-order valence-electron chi connectivity index (χ2n) is 4.43. The average Bonchev–Trinajstić information content (AvgIpc) is 2.73. The summed E-state index contributed by atoms with van der Waals surface area (Å²) in [4.78, 5) is 11.2. The zero-order valence-electron chi connectivity index (χ0n) is 10.4. The number of hydrogen-bond acceptors (Lipinski definition) is 2. The summed E-state index contributed by atoms with van der Waals surface area (Å²) in [6, 6.07) is 4.98. The van der Waals surface area contributed by atoms with Crippen molar-refractivity contribution in [3.8, 4) is 5.69 Å². The van der Waals surface area contributed by atoms with Crippen LogP contribution in [0.25, 0.3) is 5.69 Å². The number of hydrogen-bond donors (Lipinski definition) is 1. The smallest absolute Gasteiger partial charge is 0.339 e. The summed E-state index contributed by atoms with van der Waals surface area (Å²) in [5.41, 5.74) is 1.31. The molecule has 0 bridgehead atoms. The maximum absolute atomic E-state index is 11.2. The number of carbonyl (C=O) groups is 1. The quantitative estimate of drug-likeness (QED) is 0.932. The topological polar surface area (TPSA) is 55.1 Å². The molecule has 0 aliphatic rings. The van der Waals surface area contributed by atoms with Crippen molar-refractivity contribution in [1.82, 2.24) is 9.78 Å². The van der Waals surface area contributed by atoms with Gasteiger partial charge in [0.1, 0.15) is 5.56 Å². The Morgan fingerprint density at radius 3 is 2.53 bits per heavy atom. The van der Waals surface area contributed by atoms with Gasteiger partial charge in [-0.3, -0.25) is 0 Å². The van der Waals surface area contributed by atoms with Crippen LogP contribution in [0.1, 0.15) is 35.8 Å². The van der Waals surface area contributed by atoms with Gasteiger partial charge in [-0.15, -0.1) is 0 Å². The Kier molecular flexibility index (Phi) is 3.83. The summed E-state index contributed by atoms with van der Waals surface area (Å²) in [5.74, 6) is -0.988. The summed E-state index contributed by atoms with van der Waals surface area (Å²) in [5, 5.41) is 14.4. The van der Waals surface area contributed by atoms with E-state index < -0.39 is 5.97 Å². The zero-order valence-corrected chi connectivity index (χ0v) is 11.9. The third kappa shape index (κ3) is 2.74. The molecule has 0 aliphatic carbocycles. The van der Waals surface area contributed by atoms with Crippen LogP contribution >= 0.6 is 23.2 Å². The second-order valence-corrected chi connectivity index (χ2v) is 5.27. The van der Waals surface area contributed by atoms with E-state index in [2.05, 4.69) is 5.10 Å². The molecule has 1 aromatic carbocycles. The van der Waals surface area contributed by atoms with Crippen LogP contribution in [0.2, 0.25) is 10.0 Å². The maximum atomic E-state index is 11.2. The Hall–Kier alpha value is -1.52. The molecule has 0 amide bonds. The molecular formula is C13H12Cl2N2O2. The molecular weight excluding hydrogens is 287 g/mol. The van der Waals surface area contributed by atoms with Gasteiger partial charge in [-0.25, -0.2) is 9.48 Å². The van der Waals surface area contributed by atoms with Gasteiger partial charge in [0.25, 0.3) is 0 Å². The van der Waals surface area contributed by atoms with Crippen molar-refractivity contribution in [2.24, 2.45) is 0 Å². The van der Waals surface area contributed by atoms with Gasteiger partial charge in [-0.05, 0) is 24.1 Å². The molecule has 1 N–H and O–H groups in total. The minimum absolute atomic E-state index is 0.0124. The SMILES string of the molecule is CC(C)c1nn(-c2ccc(Cl)cc2Cl)cc1C(=O)O. The van der Waals surface area contributed by atoms with E-state index in [-0.39, 0.29) is 11.5 Å². The normalized spacial score (nSPS) is 11.0. The molecule has 19 heavy (non-hydrogen) atoms. The lowest BCUT2D eigenvalue weighted by Crippen LogP contribution is -2.01. The van der Waals surface area contributed by atoms with Crippen LogP contribution in [-0.4, -0.2) is 20.9 Å². The van der Waals surface area contributed by atoms with Gasteiger partial charge in [0.15, 0.2) is 0 Å². The first-order chi connectivity index (χ1) is 8.90. The van der Waals surface area contributed by atoms with Crippen molar-refractivity contribution >= 4 is 29.2 Å². The van der Waals surface area contributed by atoms with Crippen molar-refractivity contribution < 1.29 is 9.90 Å². The van der Waals surface area contributed by atoms with Crippen LogP contribution in [-0.2, 0) is 0 Å². The van der Waals surface area contributed by atoms with E-state index in [9.17, 15) is 9.90 Å². The summed E-state index contributed by atoms with van der Waals surface area (Å²) in [7, 11) is 0. The van der Waals surface area contributed by atoms with Crippen molar-refractivity contribution in [3.05, 3.63) is 45.7 Å². The van der Waals surface area contributed by atoms with Crippen LogP contribution < -0.4 is 0 Å². The fourth-order valence-electron chi connectivity index (χ4n) is 1.77. The molecule has 0 atom stereocenters. The molecule has 0 spiro atoms. The molecule has 0 aliphatic heterocycles. The number of rotatable bonds is 3. The number of carboxylic acids is 1.